The molecule has 2 aromatic rings. The van der Waals surface area contributed by atoms with Crippen LogP contribution in [0.1, 0.15) is 47.2 Å². The molecule has 0 saturated heterocycles. The molecule has 0 aliphatic heterocycles. The SMILES string of the molecule is Cc1cccc(Nc2cc(Cl)nc(N(C(=O)OC(C)(C)C)C(=O)OC(C)(C)C)n2)n1. The first-order valence-electron chi connectivity index (χ1n) is 9.25. The molecule has 0 aliphatic carbocycles. The quantitative estimate of drug-likeness (QED) is 0.651. The standard InChI is InChI=1S/C20H26ClN5O4/c1-12-9-8-10-14(22-12)24-15-11-13(21)23-16(25-15)26(17(27)29-19(2,3)4)18(28)30-20(5,6)7/h8-11H,1-7H3,(H,22,23,24,25). The zero-order valence-electron chi connectivity index (χ0n) is 18.1. The van der Waals surface area contributed by atoms with Crippen LogP contribution in [-0.4, -0.2) is 38.3 Å². The van der Waals surface area contributed by atoms with E-state index in [4.69, 9.17) is 21.1 Å². The highest BCUT2D eigenvalue weighted by Crippen LogP contribution is 2.24. The van der Waals surface area contributed by atoms with Crippen molar-refractivity contribution in [1.82, 2.24) is 15.0 Å². The number of pyridine rings is 1. The summed E-state index contributed by atoms with van der Waals surface area (Å²) < 4.78 is 10.7. The van der Waals surface area contributed by atoms with Crippen molar-refractivity contribution in [3.63, 3.8) is 0 Å². The van der Waals surface area contributed by atoms with Gasteiger partial charge in [-0.15, -0.1) is 4.90 Å². The predicted molar refractivity (Wildman–Crippen MR) is 114 cm³/mol. The van der Waals surface area contributed by atoms with Crippen LogP contribution in [-0.2, 0) is 9.47 Å². The lowest BCUT2D eigenvalue weighted by molar-refractivity contribution is 0.0427. The summed E-state index contributed by atoms with van der Waals surface area (Å²) in [4.78, 5) is 38.7. The Morgan fingerprint density at radius 2 is 1.50 bits per heavy atom. The van der Waals surface area contributed by atoms with Crippen molar-refractivity contribution in [1.29, 1.82) is 0 Å². The Morgan fingerprint density at radius 3 is 2.00 bits per heavy atom. The van der Waals surface area contributed by atoms with Crippen molar-refractivity contribution < 1.29 is 19.1 Å². The van der Waals surface area contributed by atoms with E-state index in [0.29, 0.717) is 10.7 Å². The average molecular weight is 436 g/mol. The Hall–Kier alpha value is -2.94. The number of imide groups is 1. The first-order valence-corrected chi connectivity index (χ1v) is 9.63. The molecule has 0 saturated carbocycles. The number of carbonyl (C=O) groups is 2. The van der Waals surface area contributed by atoms with E-state index >= 15 is 0 Å². The van der Waals surface area contributed by atoms with E-state index in [1.54, 1.807) is 47.6 Å². The number of aromatic nitrogens is 3. The highest BCUT2D eigenvalue weighted by molar-refractivity contribution is 6.29. The molecule has 0 atom stereocenters. The Bertz CT molecular complexity index is 910. The molecule has 2 heterocycles. The molecule has 9 nitrogen and oxygen atoms in total. The molecule has 1 N–H and O–H groups in total. The van der Waals surface area contributed by atoms with E-state index in [1.807, 2.05) is 19.1 Å². The van der Waals surface area contributed by atoms with Crippen LogP contribution < -0.4 is 10.2 Å². The number of ether oxygens (including phenoxy) is 2. The summed E-state index contributed by atoms with van der Waals surface area (Å²) >= 11 is 6.12. The summed E-state index contributed by atoms with van der Waals surface area (Å²) in [7, 11) is 0. The van der Waals surface area contributed by atoms with Gasteiger partial charge in [-0.2, -0.15) is 9.97 Å². The molecular weight excluding hydrogens is 410 g/mol. The number of carbonyl (C=O) groups excluding carboxylic acids is 2. The first-order chi connectivity index (χ1) is 13.7. The van der Waals surface area contributed by atoms with Gasteiger partial charge in [0.05, 0.1) is 0 Å². The molecule has 30 heavy (non-hydrogen) atoms. The summed E-state index contributed by atoms with van der Waals surface area (Å²) in [5.41, 5.74) is -0.921. The minimum absolute atomic E-state index is 0.00673. The molecule has 0 aromatic carbocycles. The van der Waals surface area contributed by atoms with E-state index in [1.165, 1.54) is 6.07 Å². The molecular formula is C20H26ClN5O4. The fraction of sp³-hybridized carbons (Fsp3) is 0.450. The molecule has 0 fully saturated rings. The van der Waals surface area contributed by atoms with E-state index in [9.17, 15) is 9.59 Å². The molecule has 0 unspecified atom stereocenters. The van der Waals surface area contributed by atoms with Crippen LogP contribution in [0.3, 0.4) is 0 Å². The van der Waals surface area contributed by atoms with Gasteiger partial charge in [-0.25, -0.2) is 14.6 Å². The number of hydrogen-bond donors (Lipinski definition) is 1. The van der Waals surface area contributed by atoms with Crippen molar-refractivity contribution in [3.8, 4) is 0 Å². The number of anilines is 3. The van der Waals surface area contributed by atoms with Gasteiger partial charge in [-0.05, 0) is 60.6 Å². The number of halogens is 1. The highest BCUT2D eigenvalue weighted by atomic mass is 35.5. The predicted octanol–water partition coefficient (Wildman–Crippen LogP) is 5.25. The third kappa shape index (κ3) is 7.14. The number of rotatable bonds is 3. The lowest BCUT2D eigenvalue weighted by Crippen LogP contribution is -2.44. The fourth-order valence-corrected chi connectivity index (χ4v) is 2.35. The topological polar surface area (TPSA) is 107 Å². The smallest absolute Gasteiger partial charge is 0.427 e. The van der Waals surface area contributed by atoms with Gasteiger partial charge in [0.2, 0.25) is 5.95 Å². The largest absolute Gasteiger partial charge is 0.443 e. The van der Waals surface area contributed by atoms with Gasteiger partial charge in [0.25, 0.3) is 0 Å². The van der Waals surface area contributed by atoms with Crippen LogP contribution >= 0.6 is 11.6 Å². The maximum absolute atomic E-state index is 12.8. The Labute approximate surface area is 180 Å². The Morgan fingerprint density at radius 1 is 0.933 bits per heavy atom. The van der Waals surface area contributed by atoms with Gasteiger partial charge >= 0.3 is 12.2 Å². The lowest BCUT2D eigenvalue weighted by Gasteiger charge is -2.27. The third-order valence-electron chi connectivity index (χ3n) is 3.18. The third-order valence-corrected chi connectivity index (χ3v) is 3.37. The van der Waals surface area contributed by atoms with Crippen molar-refractivity contribution in [2.75, 3.05) is 10.2 Å². The fourth-order valence-electron chi connectivity index (χ4n) is 2.17. The van der Waals surface area contributed by atoms with Gasteiger partial charge in [-0.1, -0.05) is 17.7 Å². The van der Waals surface area contributed by atoms with Crippen molar-refractivity contribution in [3.05, 3.63) is 35.1 Å². The molecule has 2 rings (SSSR count). The summed E-state index contributed by atoms with van der Waals surface area (Å²) in [5, 5.41) is 2.98. The maximum Gasteiger partial charge on any atom is 0.427 e. The molecule has 0 bridgehead atoms. The van der Waals surface area contributed by atoms with E-state index in [0.717, 1.165) is 5.69 Å². The van der Waals surface area contributed by atoms with Crippen molar-refractivity contribution >= 4 is 41.4 Å². The second-order valence-electron chi connectivity index (χ2n) is 8.46. The van der Waals surface area contributed by atoms with Crippen LogP contribution in [0.25, 0.3) is 0 Å². The second kappa shape index (κ2) is 8.83. The van der Waals surface area contributed by atoms with E-state index in [-0.39, 0.29) is 16.9 Å². The van der Waals surface area contributed by atoms with E-state index in [2.05, 4.69) is 20.3 Å². The zero-order valence-corrected chi connectivity index (χ0v) is 18.9. The molecule has 162 valence electrons. The number of nitrogens with zero attached hydrogens (tertiary/aromatic N) is 4. The van der Waals surface area contributed by atoms with Gasteiger partial charge in [0, 0.05) is 11.8 Å². The molecule has 0 aliphatic rings. The number of aryl methyl sites for hydroxylation is 1. The van der Waals surface area contributed by atoms with Crippen LogP contribution in [0, 0.1) is 6.92 Å². The van der Waals surface area contributed by atoms with Crippen LogP contribution in [0.2, 0.25) is 5.15 Å². The van der Waals surface area contributed by atoms with Gasteiger partial charge < -0.3 is 14.8 Å². The van der Waals surface area contributed by atoms with Crippen LogP contribution in [0.15, 0.2) is 24.3 Å². The normalized spacial score (nSPS) is 11.6. The Balaban J connectivity index is 2.44. The second-order valence-corrected chi connectivity index (χ2v) is 8.85. The highest BCUT2D eigenvalue weighted by Gasteiger charge is 2.35. The summed E-state index contributed by atoms with van der Waals surface area (Å²) in [6.45, 7) is 11.9. The number of nitrogens with one attached hydrogen (secondary N) is 1. The Kier molecular flexibility index (Phi) is 6.87. The number of hydrogen-bond acceptors (Lipinski definition) is 8. The van der Waals surface area contributed by atoms with E-state index < -0.39 is 23.4 Å². The molecule has 0 spiro atoms. The van der Waals surface area contributed by atoms with Crippen LogP contribution in [0.4, 0.5) is 27.2 Å². The average Bonchev–Trinajstić information content (AvgIpc) is 2.50. The minimum Gasteiger partial charge on any atom is -0.443 e. The lowest BCUT2D eigenvalue weighted by atomic mass is 10.2. The summed E-state index contributed by atoms with van der Waals surface area (Å²) in [5.74, 6) is 0.457. The minimum atomic E-state index is -0.987. The zero-order chi connectivity index (χ0) is 22.7. The monoisotopic (exact) mass is 435 g/mol. The molecule has 0 radical (unpaired) electrons. The first kappa shape index (κ1) is 23.3. The summed E-state index contributed by atoms with van der Waals surface area (Å²) in [6, 6.07) is 6.85. The van der Waals surface area contributed by atoms with Gasteiger partial charge in [0.1, 0.15) is 28.0 Å². The molecule has 2 aromatic heterocycles. The van der Waals surface area contributed by atoms with Crippen molar-refractivity contribution in [2.45, 2.75) is 59.7 Å². The van der Waals surface area contributed by atoms with Gasteiger partial charge in [-0.3, -0.25) is 0 Å². The maximum atomic E-state index is 12.8. The molecule has 10 heteroatoms. The molecule has 2 amide bonds. The number of amides is 2. The van der Waals surface area contributed by atoms with Crippen molar-refractivity contribution in [2.24, 2.45) is 0 Å². The van der Waals surface area contributed by atoms with Crippen LogP contribution in [0.5, 0.6) is 0 Å². The van der Waals surface area contributed by atoms with Gasteiger partial charge in [0.15, 0.2) is 0 Å². The summed E-state index contributed by atoms with van der Waals surface area (Å²) in [6.07, 6.45) is -1.97.